The van der Waals surface area contributed by atoms with Gasteiger partial charge < -0.3 is 4.79 Å². The molecule has 0 saturated heterocycles. The zero-order valence-electron chi connectivity index (χ0n) is 8.51. The van der Waals surface area contributed by atoms with Crippen molar-refractivity contribution in [3.05, 3.63) is 29.3 Å². The van der Waals surface area contributed by atoms with E-state index in [0.717, 1.165) is 29.0 Å². The molecule has 2 aromatic rings. The summed E-state index contributed by atoms with van der Waals surface area (Å²) in [6.45, 7) is 2.87. The Labute approximate surface area is 92.4 Å². The molecule has 0 saturated carbocycles. The van der Waals surface area contributed by atoms with Gasteiger partial charge in [0.1, 0.15) is 12.0 Å². The summed E-state index contributed by atoms with van der Waals surface area (Å²) in [5.41, 5.74) is 1.95. The Morgan fingerprint density at radius 1 is 1.60 bits per heavy atom. The number of carbonyl (C=O) groups excluding carboxylic acids is 1. The second-order valence-corrected chi connectivity index (χ2v) is 4.15. The molecule has 15 heavy (non-hydrogen) atoms. The zero-order valence-corrected chi connectivity index (χ0v) is 9.33. The summed E-state index contributed by atoms with van der Waals surface area (Å²) >= 11 is 1.65. The van der Waals surface area contributed by atoms with Crippen LogP contribution in [0, 0.1) is 0 Å². The fraction of sp³-hybridized carbons (Fsp3) is 0.273. The molecule has 0 bridgehead atoms. The number of carbonyl (C=O) groups is 1. The number of rotatable bonds is 4. The molecule has 0 aliphatic carbocycles. The Morgan fingerprint density at radius 2 is 2.47 bits per heavy atom. The van der Waals surface area contributed by atoms with Crippen molar-refractivity contribution < 1.29 is 4.79 Å². The maximum Gasteiger partial charge on any atom is 0.124 e. The van der Waals surface area contributed by atoms with Crippen molar-refractivity contribution in [1.29, 1.82) is 0 Å². The van der Waals surface area contributed by atoms with Crippen LogP contribution in [0.15, 0.2) is 23.7 Å². The predicted molar refractivity (Wildman–Crippen MR) is 61.0 cm³/mol. The zero-order chi connectivity index (χ0) is 10.7. The fourth-order valence-corrected chi connectivity index (χ4v) is 2.23. The molecule has 0 aliphatic rings. The third-order valence-corrected chi connectivity index (χ3v) is 3.10. The molecule has 0 spiro atoms. The van der Waals surface area contributed by atoms with Gasteiger partial charge in [-0.1, -0.05) is 6.07 Å². The van der Waals surface area contributed by atoms with Crippen LogP contribution in [0.3, 0.4) is 0 Å². The van der Waals surface area contributed by atoms with Gasteiger partial charge in [-0.15, -0.1) is 11.3 Å². The van der Waals surface area contributed by atoms with E-state index in [0.29, 0.717) is 6.42 Å². The summed E-state index contributed by atoms with van der Waals surface area (Å²) in [6.07, 6.45) is 3.31. The number of aldehydes is 1. The molecule has 0 aromatic carbocycles. The third-order valence-electron chi connectivity index (χ3n) is 2.22. The highest BCUT2D eigenvalue weighted by atomic mass is 32.1. The lowest BCUT2D eigenvalue weighted by Crippen LogP contribution is -1.93. The van der Waals surface area contributed by atoms with Gasteiger partial charge in [-0.2, -0.15) is 5.10 Å². The van der Waals surface area contributed by atoms with Crippen LogP contribution in [0.1, 0.15) is 12.5 Å². The average molecular weight is 220 g/mol. The summed E-state index contributed by atoms with van der Waals surface area (Å²) < 4.78 is 1.87. The minimum Gasteiger partial charge on any atom is -0.303 e. The van der Waals surface area contributed by atoms with E-state index < -0.39 is 0 Å². The molecule has 0 fully saturated rings. The first kappa shape index (κ1) is 10.1. The minimum absolute atomic E-state index is 0.438. The molecule has 2 aromatic heterocycles. The fourth-order valence-electron chi connectivity index (χ4n) is 1.48. The number of hydrogen-bond donors (Lipinski definition) is 0. The van der Waals surface area contributed by atoms with Gasteiger partial charge in [0.2, 0.25) is 0 Å². The normalized spacial score (nSPS) is 10.5. The molecule has 0 amide bonds. The van der Waals surface area contributed by atoms with Gasteiger partial charge in [-0.05, 0) is 18.4 Å². The molecule has 0 N–H and O–H groups in total. The van der Waals surface area contributed by atoms with Crippen molar-refractivity contribution in [3.63, 3.8) is 0 Å². The molecule has 78 valence electrons. The van der Waals surface area contributed by atoms with Gasteiger partial charge in [0.05, 0.1) is 4.88 Å². The number of nitrogens with zero attached hydrogens (tertiary/aromatic N) is 2. The number of aromatic nitrogens is 2. The van der Waals surface area contributed by atoms with Crippen LogP contribution < -0.4 is 0 Å². The monoisotopic (exact) mass is 220 g/mol. The molecule has 0 atom stereocenters. The van der Waals surface area contributed by atoms with E-state index in [4.69, 9.17) is 0 Å². The summed E-state index contributed by atoms with van der Waals surface area (Å²) in [5.74, 6) is 0. The molecule has 0 unspecified atom stereocenters. The smallest absolute Gasteiger partial charge is 0.124 e. The van der Waals surface area contributed by atoms with E-state index in [1.807, 2.05) is 35.3 Å². The topological polar surface area (TPSA) is 34.9 Å². The Bertz CT molecular complexity index is 445. The second kappa shape index (κ2) is 4.40. The molecular formula is C11H12N2OS. The first-order valence-corrected chi connectivity index (χ1v) is 5.77. The van der Waals surface area contributed by atoms with Crippen molar-refractivity contribution in [3.8, 4) is 10.6 Å². The van der Waals surface area contributed by atoms with Gasteiger partial charge >= 0.3 is 0 Å². The van der Waals surface area contributed by atoms with Crippen LogP contribution >= 0.6 is 11.3 Å². The lowest BCUT2D eigenvalue weighted by molar-refractivity contribution is -0.107. The standard InChI is InChI=1S/C11H12N2OS/c1-2-13-8-9(5-6-14)11(12-13)10-4-3-7-15-10/h3-4,6-8H,2,5H2,1H3. The van der Waals surface area contributed by atoms with Crippen LogP contribution in [0.5, 0.6) is 0 Å². The molecule has 3 nitrogen and oxygen atoms in total. The summed E-state index contributed by atoms with van der Waals surface area (Å²) in [4.78, 5) is 11.7. The van der Waals surface area contributed by atoms with Crippen molar-refractivity contribution in [2.75, 3.05) is 0 Å². The van der Waals surface area contributed by atoms with E-state index >= 15 is 0 Å². The quantitative estimate of drug-likeness (QED) is 0.741. The van der Waals surface area contributed by atoms with Crippen LogP contribution in [0.2, 0.25) is 0 Å². The largest absolute Gasteiger partial charge is 0.303 e. The van der Waals surface area contributed by atoms with Crippen molar-refractivity contribution in [2.24, 2.45) is 0 Å². The Morgan fingerprint density at radius 3 is 3.07 bits per heavy atom. The van der Waals surface area contributed by atoms with Gasteiger partial charge in [0, 0.05) is 24.7 Å². The highest BCUT2D eigenvalue weighted by molar-refractivity contribution is 7.13. The first-order chi connectivity index (χ1) is 7.35. The predicted octanol–water partition coefficient (Wildman–Crippen LogP) is 2.37. The summed E-state index contributed by atoms with van der Waals surface area (Å²) in [5, 5.41) is 6.48. The van der Waals surface area contributed by atoms with Gasteiger partial charge in [-0.3, -0.25) is 4.68 Å². The van der Waals surface area contributed by atoms with E-state index in [2.05, 4.69) is 5.10 Å². The Balaban J connectivity index is 2.44. The third kappa shape index (κ3) is 1.99. The van der Waals surface area contributed by atoms with Crippen molar-refractivity contribution in [1.82, 2.24) is 9.78 Å². The van der Waals surface area contributed by atoms with Crippen molar-refractivity contribution >= 4 is 17.6 Å². The molecule has 2 rings (SSSR count). The molecule has 4 heteroatoms. The minimum atomic E-state index is 0.438. The van der Waals surface area contributed by atoms with Crippen LogP contribution in [-0.4, -0.2) is 16.1 Å². The van der Waals surface area contributed by atoms with E-state index in [9.17, 15) is 4.79 Å². The second-order valence-electron chi connectivity index (χ2n) is 3.21. The van der Waals surface area contributed by atoms with E-state index in [1.165, 1.54) is 0 Å². The van der Waals surface area contributed by atoms with Gasteiger partial charge in [0.25, 0.3) is 0 Å². The number of hydrogen-bond acceptors (Lipinski definition) is 3. The molecular weight excluding hydrogens is 208 g/mol. The molecule has 0 aliphatic heterocycles. The number of aryl methyl sites for hydroxylation is 1. The summed E-state index contributed by atoms with van der Waals surface area (Å²) in [7, 11) is 0. The van der Waals surface area contributed by atoms with Gasteiger partial charge in [-0.25, -0.2) is 0 Å². The average Bonchev–Trinajstić information content (AvgIpc) is 2.85. The maximum absolute atomic E-state index is 10.6. The highest BCUT2D eigenvalue weighted by Crippen LogP contribution is 2.26. The maximum atomic E-state index is 10.6. The van der Waals surface area contributed by atoms with Gasteiger partial charge in [0.15, 0.2) is 0 Å². The van der Waals surface area contributed by atoms with E-state index in [1.54, 1.807) is 11.3 Å². The SMILES string of the molecule is CCn1cc(CC=O)c(-c2cccs2)n1. The Kier molecular flexibility index (Phi) is 2.97. The first-order valence-electron chi connectivity index (χ1n) is 4.89. The van der Waals surface area contributed by atoms with E-state index in [-0.39, 0.29) is 0 Å². The van der Waals surface area contributed by atoms with Crippen molar-refractivity contribution in [2.45, 2.75) is 19.9 Å². The lowest BCUT2D eigenvalue weighted by Gasteiger charge is -1.93. The lowest BCUT2D eigenvalue weighted by atomic mass is 10.2. The highest BCUT2D eigenvalue weighted by Gasteiger charge is 2.10. The molecule has 2 heterocycles. The molecule has 0 radical (unpaired) electrons. The number of thiophene rings is 1. The van der Waals surface area contributed by atoms with Crippen LogP contribution in [-0.2, 0) is 17.8 Å². The summed E-state index contributed by atoms with van der Waals surface area (Å²) in [6, 6.07) is 4.02. The Hall–Kier alpha value is -1.42. The van der Waals surface area contributed by atoms with Crippen LogP contribution in [0.25, 0.3) is 10.6 Å². The van der Waals surface area contributed by atoms with Crippen LogP contribution in [0.4, 0.5) is 0 Å².